The Morgan fingerprint density at radius 1 is 1.00 bits per heavy atom. The molecule has 0 aliphatic heterocycles. The minimum Gasteiger partial charge on any atom is -0.497 e. The summed E-state index contributed by atoms with van der Waals surface area (Å²) in [6, 6.07) is 16.1. The number of nitrogens with two attached hydrogens (primary N) is 1. The maximum atomic E-state index is 5.93. The van der Waals surface area contributed by atoms with E-state index in [-0.39, 0.29) is 0 Å². The number of benzene rings is 2. The molecule has 1 aromatic heterocycles. The first-order valence-corrected chi connectivity index (χ1v) is 7.74. The van der Waals surface area contributed by atoms with Gasteiger partial charge in [0, 0.05) is 22.6 Å². The van der Waals surface area contributed by atoms with Gasteiger partial charge in [-0.15, -0.1) is 0 Å². The molecule has 0 spiro atoms. The van der Waals surface area contributed by atoms with Crippen molar-refractivity contribution in [1.29, 1.82) is 0 Å². The highest BCUT2D eigenvalue weighted by molar-refractivity contribution is 5.84. The van der Waals surface area contributed by atoms with Crippen LogP contribution in [0.15, 0.2) is 48.5 Å². The summed E-state index contributed by atoms with van der Waals surface area (Å²) in [6.45, 7) is 4.86. The van der Waals surface area contributed by atoms with Gasteiger partial charge in [0.2, 0.25) is 0 Å². The number of methoxy groups -OCH3 is 1. The Balaban J connectivity index is 1.87. The molecule has 3 aromatic rings. The highest BCUT2D eigenvalue weighted by atomic mass is 16.5. The largest absolute Gasteiger partial charge is 0.497 e. The molecule has 2 aromatic carbocycles. The molecule has 120 valence electrons. The molecule has 0 atom stereocenters. The second-order valence-corrected chi connectivity index (χ2v) is 5.88. The smallest absolute Gasteiger partial charge is 0.128 e. The van der Waals surface area contributed by atoms with E-state index in [1.165, 1.54) is 5.52 Å². The van der Waals surface area contributed by atoms with Crippen molar-refractivity contribution in [3.05, 3.63) is 54.2 Å². The Morgan fingerprint density at radius 2 is 1.70 bits per heavy atom. The van der Waals surface area contributed by atoms with Crippen LogP contribution in [0.3, 0.4) is 0 Å². The fourth-order valence-corrected chi connectivity index (χ4v) is 2.86. The number of nitrogens with zero attached hydrogens (tertiary/aromatic N) is 1. The summed E-state index contributed by atoms with van der Waals surface area (Å²) in [5.74, 6) is 1.65. The molecule has 0 unspecified atom stereocenters. The van der Waals surface area contributed by atoms with Crippen LogP contribution in [-0.4, -0.2) is 11.7 Å². The third-order valence-corrected chi connectivity index (χ3v) is 3.91. The molecule has 4 nitrogen and oxygen atoms in total. The zero-order chi connectivity index (χ0) is 16.4. The van der Waals surface area contributed by atoms with E-state index in [0.717, 1.165) is 28.3 Å². The number of rotatable bonds is 5. The standard InChI is InChI=1S/C19H22N2O2/c1-13(2)21-16(11-14-10-15(20)4-9-19(14)21)12-23-18-7-5-17(22-3)6-8-18/h4-11,13H,12,20H2,1-3H3. The van der Waals surface area contributed by atoms with E-state index in [1.807, 2.05) is 36.4 Å². The number of nitrogen functional groups attached to an aromatic ring is 1. The summed E-state index contributed by atoms with van der Waals surface area (Å²) in [7, 11) is 1.66. The van der Waals surface area contributed by atoms with Crippen LogP contribution in [0, 0.1) is 0 Å². The minimum absolute atomic E-state index is 0.352. The summed E-state index contributed by atoms with van der Waals surface area (Å²) in [5.41, 5.74) is 9.00. The van der Waals surface area contributed by atoms with Crippen LogP contribution >= 0.6 is 0 Å². The normalized spacial score (nSPS) is 11.1. The van der Waals surface area contributed by atoms with Crippen molar-refractivity contribution in [3.8, 4) is 11.5 Å². The van der Waals surface area contributed by atoms with Gasteiger partial charge < -0.3 is 19.8 Å². The van der Waals surface area contributed by atoms with Crippen LogP contribution in [0.25, 0.3) is 10.9 Å². The molecule has 0 saturated heterocycles. The summed E-state index contributed by atoms with van der Waals surface area (Å²) in [4.78, 5) is 0. The van der Waals surface area contributed by atoms with Crippen LogP contribution in [0.4, 0.5) is 5.69 Å². The molecule has 1 heterocycles. The number of hydrogen-bond donors (Lipinski definition) is 1. The van der Waals surface area contributed by atoms with E-state index >= 15 is 0 Å². The van der Waals surface area contributed by atoms with Gasteiger partial charge in [-0.2, -0.15) is 0 Å². The first-order chi connectivity index (χ1) is 11.1. The lowest BCUT2D eigenvalue weighted by molar-refractivity contribution is 0.292. The lowest BCUT2D eigenvalue weighted by Crippen LogP contribution is -2.08. The molecule has 0 bridgehead atoms. The third kappa shape index (κ3) is 3.11. The van der Waals surface area contributed by atoms with Gasteiger partial charge in [0.25, 0.3) is 0 Å². The van der Waals surface area contributed by atoms with E-state index in [2.05, 4.69) is 30.5 Å². The second-order valence-electron chi connectivity index (χ2n) is 5.88. The third-order valence-electron chi connectivity index (χ3n) is 3.91. The molecule has 2 N–H and O–H groups in total. The number of ether oxygens (including phenoxy) is 2. The molecule has 0 radical (unpaired) electrons. The number of aromatic nitrogens is 1. The molecule has 4 heteroatoms. The van der Waals surface area contributed by atoms with Gasteiger partial charge in [0.05, 0.1) is 12.8 Å². The molecular formula is C19H22N2O2. The second kappa shape index (κ2) is 6.24. The number of fused-ring (bicyclic) bond motifs is 1. The van der Waals surface area contributed by atoms with Crippen LogP contribution in [-0.2, 0) is 6.61 Å². The van der Waals surface area contributed by atoms with Crippen molar-refractivity contribution < 1.29 is 9.47 Å². The number of hydrogen-bond acceptors (Lipinski definition) is 3. The van der Waals surface area contributed by atoms with Gasteiger partial charge in [-0.3, -0.25) is 0 Å². The first-order valence-electron chi connectivity index (χ1n) is 7.74. The lowest BCUT2D eigenvalue weighted by Gasteiger charge is -2.15. The van der Waals surface area contributed by atoms with Gasteiger partial charge >= 0.3 is 0 Å². The zero-order valence-electron chi connectivity index (χ0n) is 13.7. The molecule has 3 rings (SSSR count). The fourth-order valence-electron chi connectivity index (χ4n) is 2.86. The van der Waals surface area contributed by atoms with Crippen LogP contribution in [0.5, 0.6) is 11.5 Å². The Labute approximate surface area is 136 Å². The summed E-state index contributed by atoms with van der Waals surface area (Å²) < 4.78 is 13.4. The summed E-state index contributed by atoms with van der Waals surface area (Å²) >= 11 is 0. The predicted molar refractivity (Wildman–Crippen MR) is 94.1 cm³/mol. The maximum Gasteiger partial charge on any atom is 0.128 e. The average molecular weight is 310 g/mol. The van der Waals surface area contributed by atoms with Gasteiger partial charge in [-0.05, 0) is 62.4 Å². The molecule has 0 saturated carbocycles. The monoisotopic (exact) mass is 310 g/mol. The molecule has 0 amide bonds. The molecule has 0 aliphatic carbocycles. The quantitative estimate of drug-likeness (QED) is 0.711. The van der Waals surface area contributed by atoms with Crippen molar-refractivity contribution in [2.24, 2.45) is 0 Å². The van der Waals surface area contributed by atoms with Crippen LogP contribution in [0.1, 0.15) is 25.6 Å². The summed E-state index contributed by atoms with van der Waals surface area (Å²) in [6.07, 6.45) is 0. The van der Waals surface area contributed by atoms with Crippen molar-refractivity contribution in [1.82, 2.24) is 4.57 Å². The SMILES string of the molecule is COc1ccc(OCc2cc3cc(N)ccc3n2C(C)C)cc1. The Kier molecular flexibility index (Phi) is 4.15. The number of anilines is 1. The summed E-state index contributed by atoms with van der Waals surface area (Å²) in [5, 5.41) is 1.15. The average Bonchev–Trinajstić information content (AvgIpc) is 2.91. The Hall–Kier alpha value is -2.62. The fraction of sp³-hybridized carbons (Fsp3) is 0.263. The van der Waals surface area contributed by atoms with Crippen LogP contribution < -0.4 is 15.2 Å². The van der Waals surface area contributed by atoms with E-state index in [1.54, 1.807) is 7.11 Å². The highest BCUT2D eigenvalue weighted by Crippen LogP contribution is 2.27. The zero-order valence-corrected chi connectivity index (χ0v) is 13.7. The molecule has 0 fully saturated rings. The molecular weight excluding hydrogens is 288 g/mol. The lowest BCUT2D eigenvalue weighted by atomic mass is 10.2. The van der Waals surface area contributed by atoms with E-state index in [4.69, 9.17) is 15.2 Å². The van der Waals surface area contributed by atoms with Crippen molar-refractivity contribution in [3.63, 3.8) is 0 Å². The van der Waals surface area contributed by atoms with Gasteiger partial charge in [-0.1, -0.05) is 0 Å². The van der Waals surface area contributed by atoms with Crippen molar-refractivity contribution in [2.75, 3.05) is 12.8 Å². The van der Waals surface area contributed by atoms with Crippen molar-refractivity contribution in [2.45, 2.75) is 26.5 Å². The van der Waals surface area contributed by atoms with Crippen LogP contribution in [0.2, 0.25) is 0 Å². The van der Waals surface area contributed by atoms with E-state index in [9.17, 15) is 0 Å². The first kappa shape index (κ1) is 15.3. The van der Waals surface area contributed by atoms with E-state index < -0.39 is 0 Å². The van der Waals surface area contributed by atoms with Gasteiger partial charge in [0.15, 0.2) is 0 Å². The van der Waals surface area contributed by atoms with Crippen molar-refractivity contribution >= 4 is 16.6 Å². The maximum absolute atomic E-state index is 5.93. The minimum atomic E-state index is 0.352. The Morgan fingerprint density at radius 3 is 2.35 bits per heavy atom. The molecule has 23 heavy (non-hydrogen) atoms. The molecule has 0 aliphatic rings. The van der Waals surface area contributed by atoms with Gasteiger partial charge in [-0.25, -0.2) is 0 Å². The topological polar surface area (TPSA) is 49.4 Å². The van der Waals surface area contributed by atoms with Gasteiger partial charge in [0.1, 0.15) is 18.1 Å². The predicted octanol–water partition coefficient (Wildman–Crippen LogP) is 4.39. The van der Waals surface area contributed by atoms with E-state index in [0.29, 0.717) is 12.6 Å². The Bertz CT molecular complexity index is 804. The highest BCUT2D eigenvalue weighted by Gasteiger charge is 2.12.